The van der Waals surface area contributed by atoms with E-state index in [9.17, 15) is 0 Å². The molecule has 1 aromatic carbocycles. The van der Waals surface area contributed by atoms with Crippen molar-refractivity contribution in [1.29, 1.82) is 0 Å². The van der Waals surface area contributed by atoms with E-state index in [0.717, 1.165) is 5.69 Å². The summed E-state index contributed by atoms with van der Waals surface area (Å²) < 4.78 is 0. The van der Waals surface area contributed by atoms with Crippen molar-refractivity contribution in [2.75, 3.05) is 0 Å². The van der Waals surface area contributed by atoms with Crippen LogP contribution in [0.5, 0.6) is 0 Å². The molecule has 16 heavy (non-hydrogen) atoms. The summed E-state index contributed by atoms with van der Waals surface area (Å²) in [5.74, 6) is 0.492. The normalized spacial score (nSPS) is 10.8. The van der Waals surface area contributed by atoms with Gasteiger partial charge in [0.05, 0.1) is 0 Å². The minimum atomic E-state index is 0.492. The lowest BCUT2D eigenvalue weighted by Gasteiger charge is -2.08. The first-order valence-electron chi connectivity index (χ1n) is 5.70. The maximum absolute atomic E-state index is 4.50. The highest BCUT2D eigenvalue weighted by Crippen LogP contribution is 2.23. The van der Waals surface area contributed by atoms with Crippen molar-refractivity contribution in [2.24, 2.45) is 0 Å². The summed E-state index contributed by atoms with van der Waals surface area (Å²) in [6, 6.07) is 12.7. The minimum absolute atomic E-state index is 0.492. The number of rotatable bonds is 2. The molecule has 0 radical (unpaired) electrons. The number of pyridine rings is 1. The first-order chi connectivity index (χ1) is 7.68. The lowest BCUT2D eigenvalue weighted by molar-refractivity contribution is 0.823. The summed E-state index contributed by atoms with van der Waals surface area (Å²) in [6.07, 6.45) is 1.97. The average Bonchev–Trinajstić information content (AvgIpc) is 2.30. The predicted octanol–water partition coefficient (Wildman–Crippen LogP) is 4.18. The Morgan fingerprint density at radius 3 is 2.31 bits per heavy atom. The number of aryl methyl sites for hydroxylation is 1. The van der Waals surface area contributed by atoms with Crippen LogP contribution in [-0.2, 0) is 0 Å². The molecule has 2 rings (SSSR count). The molecule has 82 valence electrons. The molecule has 2 aromatic rings. The molecule has 0 spiro atoms. The second-order valence-corrected chi connectivity index (χ2v) is 4.44. The second kappa shape index (κ2) is 4.48. The number of hydrogen-bond acceptors (Lipinski definition) is 1. The highest BCUT2D eigenvalue weighted by molar-refractivity contribution is 5.66. The van der Waals surface area contributed by atoms with Crippen LogP contribution in [0.3, 0.4) is 0 Å². The van der Waals surface area contributed by atoms with E-state index in [4.69, 9.17) is 0 Å². The fourth-order valence-corrected chi connectivity index (χ4v) is 1.80. The monoisotopic (exact) mass is 211 g/mol. The molecule has 1 nitrogen and oxygen atoms in total. The van der Waals surface area contributed by atoms with Gasteiger partial charge in [-0.2, -0.15) is 0 Å². The van der Waals surface area contributed by atoms with Crippen LogP contribution in [0.25, 0.3) is 11.1 Å². The smallest absolute Gasteiger partial charge is 0.0429 e. The zero-order valence-electron chi connectivity index (χ0n) is 10.1. The van der Waals surface area contributed by atoms with Gasteiger partial charge in [0.15, 0.2) is 0 Å². The van der Waals surface area contributed by atoms with Gasteiger partial charge in [0.1, 0.15) is 0 Å². The number of aromatic nitrogens is 1. The highest BCUT2D eigenvalue weighted by Gasteiger charge is 2.03. The summed E-state index contributed by atoms with van der Waals surface area (Å²) in [7, 11) is 0. The SMILES string of the molecule is Cc1ccccc1-c1ccc(C(C)C)nc1. The molecule has 0 aliphatic heterocycles. The Balaban J connectivity index is 2.39. The quantitative estimate of drug-likeness (QED) is 0.726. The second-order valence-electron chi connectivity index (χ2n) is 4.44. The van der Waals surface area contributed by atoms with Crippen LogP contribution in [-0.4, -0.2) is 4.98 Å². The predicted molar refractivity (Wildman–Crippen MR) is 68.5 cm³/mol. The topological polar surface area (TPSA) is 12.9 Å². The van der Waals surface area contributed by atoms with Crippen LogP contribution in [0.4, 0.5) is 0 Å². The van der Waals surface area contributed by atoms with E-state index in [1.165, 1.54) is 16.7 Å². The van der Waals surface area contributed by atoms with E-state index < -0.39 is 0 Å². The van der Waals surface area contributed by atoms with Gasteiger partial charge in [0.2, 0.25) is 0 Å². The van der Waals surface area contributed by atoms with Crippen LogP contribution in [0.1, 0.15) is 31.0 Å². The Kier molecular flexibility index (Phi) is 3.04. The van der Waals surface area contributed by atoms with Crippen molar-refractivity contribution in [2.45, 2.75) is 26.7 Å². The molecule has 0 fully saturated rings. The number of benzene rings is 1. The van der Waals surface area contributed by atoms with Crippen LogP contribution >= 0.6 is 0 Å². The van der Waals surface area contributed by atoms with Gasteiger partial charge in [0.25, 0.3) is 0 Å². The van der Waals surface area contributed by atoms with Crippen molar-refractivity contribution in [1.82, 2.24) is 4.98 Å². The van der Waals surface area contributed by atoms with Crippen LogP contribution in [0.15, 0.2) is 42.6 Å². The number of nitrogens with zero attached hydrogens (tertiary/aromatic N) is 1. The van der Waals surface area contributed by atoms with Crippen molar-refractivity contribution in [3.8, 4) is 11.1 Å². The highest BCUT2D eigenvalue weighted by atomic mass is 14.7. The Bertz CT molecular complexity index is 469. The fourth-order valence-electron chi connectivity index (χ4n) is 1.80. The summed E-state index contributed by atoms with van der Waals surface area (Å²) in [6.45, 7) is 6.46. The Labute approximate surface area is 97.2 Å². The van der Waals surface area contributed by atoms with Crippen molar-refractivity contribution < 1.29 is 0 Å². The molecule has 0 bridgehead atoms. The van der Waals surface area contributed by atoms with Crippen LogP contribution in [0, 0.1) is 6.92 Å². The standard InChI is InChI=1S/C15H17N/c1-11(2)15-9-8-13(10-16-15)14-7-5-4-6-12(14)3/h4-11H,1-3H3. The van der Waals surface area contributed by atoms with E-state index in [0.29, 0.717) is 5.92 Å². The molecule has 1 aromatic heterocycles. The molecule has 0 atom stereocenters. The molecule has 0 amide bonds. The van der Waals surface area contributed by atoms with Gasteiger partial charge >= 0.3 is 0 Å². The molecule has 0 saturated carbocycles. The van der Waals surface area contributed by atoms with Gasteiger partial charge in [-0.25, -0.2) is 0 Å². The van der Waals surface area contributed by atoms with Crippen molar-refractivity contribution in [3.05, 3.63) is 53.9 Å². The molecule has 0 saturated heterocycles. The molecular weight excluding hydrogens is 194 g/mol. The lowest BCUT2D eigenvalue weighted by atomic mass is 10.0. The zero-order chi connectivity index (χ0) is 11.5. The molecule has 0 aliphatic carbocycles. The maximum atomic E-state index is 4.50. The number of hydrogen-bond donors (Lipinski definition) is 0. The molecular formula is C15H17N. The van der Waals surface area contributed by atoms with Gasteiger partial charge in [-0.3, -0.25) is 4.98 Å². The summed E-state index contributed by atoms with van der Waals surface area (Å²) in [4.78, 5) is 4.50. The van der Waals surface area contributed by atoms with E-state index in [-0.39, 0.29) is 0 Å². The van der Waals surface area contributed by atoms with Gasteiger partial charge < -0.3 is 0 Å². The third-order valence-electron chi connectivity index (χ3n) is 2.83. The summed E-state index contributed by atoms with van der Waals surface area (Å²) in [5.41, 5.74) is 4.91. The third kappa shape index (κ3) is 2.13. The molecule has 1 heteroatoms. The van der Waals surface area contributed by atoms with Crippen molar-refractivity contribution in [3.63, 3.8) is 0 Å². The van der Waals surface area contributed by atoms with E-state index in [2.05, 4.69) is 62.2 Å². The summed E-state index contributed by atoms with van der Waals surface area (Å²) >= 11 is 0. The maximum Gasteiger partial charge on any atom is 0.0429 e. The van der Waals surface area contributed by atoms with Crippen molar-refractivity contribution >= 4 is 0 Å². The van der Waals surface area contributed by atoms with Gasteiger partial charge in [0, 0.05) is 17.5 Å². The zero-order valence-corrected chi connectivity index (χ0v) is 10.1. The van der Waals surface area contributed by atoms with E-state index in [1.54, 1.807) is 0 Å². The third-order valence-corrected chi connectivity index (χ3v) is 2.83. The summed E-state index contributed by atoms with van der Waals surface area (Å²) in [5, 5.41) is 0. The molecule has 0 unspecified atom stereocenters. The van der Waals surface area contributed by atoms with E-state index in [1.807, 2.05) is 6.20 Å². The lowest BCUT2D eigenvalue weighted by Crippen LogP contribution is -1.92. The van der Waals surface area contributed by atoms with Crippen LogP contribution < -0.4 is 0 Å². The van der Waals surface area contributed by atoms with Crippen LogP contribution in [0.2, 0.25) is 0 Å². The Hall–Kier alpha value is -1.63. The van der Waals surface area contributed by atoms with Gasteiger partial charge in [-0.05, 0) is 30.0 Å². The molecule has 0 N–H and O–H groups in total. The van der Waals surface area contributed by atoms with Gasteiger partial charge in [-0.15, -0.1) is 0 Å². The molecule has 1 heterocycles. The Morgan fingerprint density at radius 2 is 1.75 bits per heavy atom. The first kappa shape index (κ1) is 10.9. The minimum Gasteiger partial charge on any atom is -0.260 e. The van der Waals surface area contributed by atoms with Gasteiger partial charge in [-0.1, -0.05) is 44.2 Å². The first-order valence-corrected chi connectivity index (χ1v) is 5.70. The Morgan fingerprint density at radius 1 is 1.00 bits per heavy atom. The average molecular weight is 211 g/mol. The largest absolute Gasteiger partial charge is 0.260 e. The molecule has 0 aliphatic rings. The fraction of sp³-hybridized carbons (Fsp3) is 0.267. The van der Waals surface area contributed by atoms with E-state index >= 15 is 0 Å².